The number of non-ortho nitro benzene ring substituents is 1. The molecule has 1 aromatic carbocycles. The van der Waals surface area contributed by atoms with Gasteiger partial charge in [0, 0.05) is 12.7 Å². The standard InChI is InChI=1S/C11H10FN3O3/c12-8-6-9(15(16)17)7-2-1-4-14-10(7)11(8)18-5-3-13/h1-2,4,6H,3,5,13H2. The van der Waals surface area contributed by atoms with Gasteiger partial charge in [-0.15, -0.1) is 0 Å². The van der Waals surface area contributed by atoms with Gasteiger partial charge in [-0.2, -0.15) is 0 Å². The molecule has 0 atom stereocenters. The minimum atomic E-state index is -0.818. The number of rotatable bonds is 4. The molecule has 0 saturated carbocycles. The van der Waals surface area contributed by atoms with E-state index in [1.165, 1.54) is 12.3 Å². The van der Waals surface area contributed by atoms with Gasteiger partial charge in [0.1, 0.15) is 12.1 Å². The van der Waals surface area contributed by atoms with Crippen LogP contribution < -0.4 is 10.5 Å². The minimum Gasteiger partial charge on any atom is -0.487 e. The highest BCUT2D eigenvalue weighted by molar-refractivity contribution is 5.92. The Morgan fingerprint density at radius 2 is 2.33 bits per heavy atom. The van der Waals surface area contributed by atoms with E-state index in [1.807, 2.05) is 0 Å². The van der Waals surface area contributed by atoms with Crippen LogP contribution >= 0.6 is 0 Å². The molecule has 0 amide bonds. The van der Waals surface area contributed by atoms with Crippen molar-refractivity contribution in [2.45, 2.75) is 0 Å². The number of nitro groups is 1. The number of benzene rings is 1. The van der Waals surface area contributed by atoms with Crippen molar-refractivity contribution < 1.29 is 14.1 Å². The van der Waals surface area contributed by atoms with E-state index in [2.05, 4.69) is 4.98 Å². The van der Waals surface area contributed by atoms with Crippen LogP contribution in [-0.2, 0) is 0 Å². The van der Waals surface area contributed by atoms with Crippen LogP contribution in [0.5, 0.6) is 5.75 Å². The molecule has 6 nitrogen and oxygen atoms in total. The van der Waals surface area contributed by atoms with Gasteiger partial charge in [0.05, 0.1) is 16.4 Å². The Morgan fingerprint density at radius 3 is 3.00 bits per heavy atom. The summed E-state index contributed by atoms with van der Waals surface area (Å²) in [7, 11) is 0. The second-order valence-electron chi connectivity index (χ2n) is 3.50. The third-order valence-electron chi connectivity index (χ3n) is 2.34. The molecule has 2 aromatic rings. The summed E-state index contributed by atoms with van der Waals surface area (Å²) in [5.74, 6) is -0.928. The molecule has 0 aliphatic rings. The first kappa shape index (κ1) is 12.2. The van der Waals surface area contributed by atoms with E-state index in [0.717, 1.165) is 6.07 Å². The molecule has 2 N–H and O–H groups in total. The van der Waals surface area contributed by atoms with Gasteiger partial charge in [0.15, 0.2) is 11.6 Å². The van der Waals surface area contributed by atoms with Crippen molar-refractivity contribution in [3.05, 3.63) is 40.3 Å². The van der Waals surface area contributed by atoms with Crippen LogP contribution in [0.15, 0.2) is 24.4 Å². The predicted molar refractivity (Wildman–Crippen MR) is 62.9 cm³/mol. The topological polar surface area (TPSA) is 91.3 Å². The molecule has 1 heterocycles. The van der Waals surface area contributed by atoms with Crippen LogP contribution in [0.4, 0.5) is 10.1 Å². The van der Waals surface area contributed by atoms with E-state index < -0.39 is 10.7 Å². The van der Waals surface area contributed by atoms with Crippen LogP contribution in [0.2, 0.25) is 0 Å². The van der Waals surface area contributed by atoms with Gasteiger partial charge in [-0.3, -0.25) is 15.1 Å². The average molecular weight is 251 g/mol. The SMILES string of the molecule is NCCOc1c(F)cc([N+](=O)[O-])c2cccnc12. The summed E-state index contributed by atoms with van der Waals surface area (Å²) >= 11 is 0. The fourth-order valence-electron chi connectivity index (χ4n) is 1.62. The number of nitrogens with two attached hydrogens (primary N) is 1. The number of ether oxygens (including phenoxy) is 1. The molecule has 0 aliphatic heterocycles. The summed E-state index contributed by atoms with van der Waals surface area (Å²) in [6.07, 6.45) is 1.42. The minimum absolute atomic E-state index is 0.110. The van der Waals surface area contributed by atoms with Crippen molar-refractivity contribution in [3.8, 4) is 5.75 Å². The second kappa shape index (κ2) is 4.92. The van der Waals surface area contributed by atoms with Crippen molar-refractivity contribution in [2.75, 3.05) is 13.2 Å². The molecule has 0 unspecified atom stereocenters. The first-order chi connectivity index (χ1) is 8.65. The molecule has 1 aromatic heterocycles. The van der Waals surface area contributed by atoms with E-state index in [9.17, 15) is 14.5 Å². The van der Waals surface area contributed by atoms with Crippen LogP contribution in [0, 0.1) is 15.9 Å². The smallest absolute Gasteiger partial charge is 0.281 e. The van der Waals surface area contributed by atoms with Crippen LogP contribution in [0.3, 0.4) is 0 Å². The molecule has 7 heteroatoms. The molecule has 0 radical (unpaired) electrons. The highest BCUT2D eigenvalue weighted by Gasteiger charge is 2.20. The zero-order valence-electron chi connectivity index (χ0n) is 9.30. The van der Waals surface area contributed by atoms with E-state index >= 15 is 0 Å². The zero-order valence-corrected chi connectivity index (χ0v) is 9.30. The van der Waals surface area contributed by atoms with Gasteiger partial charge in [0.25, 0.3) is 5.69 Å². The molecule has 0 aliphatic carbocycles. The first-order valence-electron chi connectivity index (χ1n) is 5.19. The zero-order chi connectivity index (χ0) is 13.1. The Balaban J connectivity index is 2.69. The van der Waals surface area contributed by atoms with Gasteiger partial charge in [0.2, 0.25) is 0 Å². The average Bonchev–Trinajstić information content (AvgIpc) is 2.36. The van der Waals surface area contributed by atoms with Crippen molar-refractivity contribution in [3.63, 3.8) is 0 Å². The Kier molecular flexibility index (Phi) is 3.33. The Bertz CT molecular complexity index is 603. The summed E-state index contributed by atoms with van der Waals surface area (Å²) in [5, 5.41) is 11.1. The summed E-state index contributed by atoms with van der Waals surface area (Å²) in [4.78, 5) is 14.1. The predicted octanol–water partition coefficient (Wildman–Crippen LogP) is 1.62. The lowest BCUT2D eigenvalue weighted by molar-refractivity contribution is -0.383. The molecule has 0 spiro atoms. The van der Waals surface area contributed by atoms with Crippen molar-refractivity contribution in [2.24, 2.45) is 5.73 Å². The van der Waals surface area contributed by atoms with Crippen molar-refractivity contribution in [1.29, 1.82) is 0 Å². The maximum Gasteiger partial charge on any atom is 0.281 e. The molecular formula is C11H10FN3O3. The third kappa shape index (κ3) is 2.07. The Hall–Kier alpha value is -2.28. The fraction of sp³-hybridized carbons (Fsp3) is 0.182. The quantitative estimate of drug-likeness (QED) is 0.658. The maximum absolute atomic E-state index is 13.8. The van der Waals surface area contributed by atoms with Gasteiger partial charge in [-0.05, 0) is 12.1 Å². The lowest BCUT2D eigenvalue weighted by Crippen LogP contribution is -2.12. The number of hydrogen-bond donors (Lipinski definition) is 1. The maximum atomic E-state index is 13.8. The number of fused-ring (bicyclic) bond motifs is 1. The lowest BCUT2D eigenvalue weighted by Gasteiger charge is -2.08. The lowest BCUT2D eigenvalue weighted by atomic mass is 10.1. The summed E-state index contributed by atoms with van der Waals surface area (Å²) < 4.78 is 18.9. The Morgan fingerprint density at radius 1 is 1.56 bits per heavy atom. The van der Waals surface area contributed by atoms with Crippen LogP contribution in [0.1, 0.15) is 0 Å². The molecule has 0 bridgehead atoms. The van der Waals surface area contributed by atoms with E-state index in [-0.39, 0.29) is 35.5 Å². The number of nitro benzene ring substituents is 1. The second-order valence-corrected chi connectivity index (χ2v) is 3.50. The molecule has 0 fully saturated rings. The first-order valence-corrected chi connectivity index (χ1v) is 5.19. The molecule has 2 rings (SSSR count). The van der Waals surface area contributed by atoms with Crippen molar-refractivity contribution >= 4 is 16.6 Å². The monoisotopic (exact) mass is 251 g/mol. The number of hydrogen-bond acceptors (Lipinski definition) is 5. The summed E-state index contributed by atoms with van der Waals surface area (Å²) in [6, 6.07) is 3.87. The third-order valence-corrected chi connectivity index (χ3v) is 2.34. The van der Waals surface area contributed by atoms with E-state index in [4.69, 9.17) is 10.5 Å². The molecule has 94 valence electrons. The normalized spacial score (nSPS) is 10.6. The number of pyridine rings is 1. The van der Waals surface area contributed by atoms with Crippen LogP contribution in [0.25, 0.3) is 10.9 Å². The van der Waals surface area contributed by atoms with E-state index in [1.54, 1.807) is 6.07 Å². The summed E-state index contributed by atoms with van der Waals surface area (Å²) in [6.45, 7) is 0.325. The molecule has 0 saturated heterocycles. The van der Waals surface area contributed by atoms with Gasteiger partial charge in [-0.1, -0.05) is 0 Å². The fourth-order valence-corrected chi connectivity index (χ4v) is 1.62. The van der Waals surface area contributed by atoms with Crippen molar-refractivity contribution in [1.82, 2.24) is 4.98 Å². The summed E-state index contributed by atoms with van der Waals surface area (Å²) in [5.41, 5.74) is 5.06. The number of halogens is 1. The van der Waals surface area contributed by atoms with Gasteiger partial charge < -0.3 is 10.5 Å². The molecular weight excluding hydrogens is 241 g/mol. The number of nitrogens with zero attached hydrogens (tertiary/aromatic N) is 2. The highest BCUT2D eigenvalue weighted by atomic mass is 19.1. The van der Waals surface area contributed by atoms with Gasteiger partial charge >= 0.3 is 0 Å². The molecule has 18 heavy (non-hydrogen) atoms. The van der Waals surface area contributed by atoms with Crippen LogP contribution in [-0.4, -0.2) is 23.1 Å². The van der Waals surface area contributed by atoms with E-state index in [0.29, 0.717) is 0 Å². The highest BCUT2D eigenvalue weighted by Crippen LogP contribution is 2.33. The Labute approximate surface area is 101 Å². The van der Waals surface area contributed by atoms with Gasteiger partial charge in [-0.25, -0.2) is 4.39 Å². The largest absolute Gasteiger partial charge is 0.487 e. The number of aromatic nitrogens is 1.